The van der Waals surface area contributed by atoms with Gasteiger partial charge in [-0.15, -0.1) is 0 Å². The molecule has 0 aliphatic heterocycles. The smallest absolute Gasteiger partial charge is 0.336 e. The van der Waals surface area contributed by atoms with E-state index in [0.717, 1.165) is 27.6 Å². The van der Waals surface area contributed by atoms with Crippen molar-refractivity contribution in [2.45, 2.75) is 6.92 Å². The third-order valence-corrected chi connectivity index (χ3v) is 4.24. The number of rotatable bonds is 3. The molecule has 0 aliphatic rings. The first-order chi connectivity index (χ1) is 12.1. The molecule has 0 saturated heterocycles. The Morgan fingerprint density at radius 3 is 2.68 bits per heavy atom. The molecule has 1 heterocycles. The van der Waals surface area contributed by atoms with Gasteiger partial charge in [-0.3, -0.25) is 4.98 Å². The average molecular weight is 329 g/mol. The highest BCUT2D eigenvalue weighted by Gasteiger charge is 2.10. The van der Waals surface area contributed by atoms with Gasteiger partial charge in [0, 0.05) is 11.6 Å². The highest BCUT2D eigenvalue weighted by Crippen LogP contribution is 2.32. The van der Waals surface area contributed by atoms with Crippen LogP contribution in [-0.4, -0.2) is 16.1 Å². The zero-order valence-corrected chi connectivity index (χ0v) is 13.6. The minimum absolute atomic E-state index is 0.286. The molecule has 0 atom stereocenters. The number of aryl methyl sites for hydroxylation is 1. The van der Waals surface area contributed by atoms with Crippen molar-refractivity contribution in [3.8, 4) is 11.5 Å². The van der Waals surface area contributed by atoms with Crippen LogP contribution in [0.15, 0.2) is 66.9 Å². The van der Waals surface area contributed by atoms with Gasteiger partial charge in [-0.25, -0.2) is 4.79 Å². The molecule has 4 heteroatoms. The maximum absolute atomic E-state index is 11.3. The fourth-order valence-electron chi connectivity index (χ4n) is 3.03. The number of carboxylic acids is 1. The number of benzene rings is 3. The maximum atomic E-state index is 11.3. The van der Waals surface area contributed by atoms with Crippen molar-refractivity contribution < 1.29 is 14.6 Å². The Hall–Kier alpha value is -3.40. The lowest BCUT2D eigenvalue weighted by Crippen LogP contribution is -1.97. The van der Waals surface area contributed by atoms with Gasteiger partial charge in [-0.1, -0.05) is 24.3 Å². The Morgan fingerprint density at radius 1 is 1.00 bits per heavy atom. The summed E-state index contributed by atoms with van der Waals surface area (Å²) >= 11 is 0. The van der Waals surface area contributed by atoms with Crippen LogP contribution in [0.5, 0.6) is 11.5 Å². The number of carboxylic acid groups (broad SMARTS) is 1. The zero-order valence-electron chi connectivity index (χ0n) is 13.6. The number of aromatic nitrogens is 1. The van der Waals surface area contributed by atoms with Gasteiger partial charge in [0.25, 0.3) is 0 Å². The largest absolute Gasteiger partial charge is 0.478 e. The number of aromatic carboxylic acids is 1. The van der Waals surface area contributed by atoms with E-state index >= 15 is 0 Å². The molecule has 122 valence electrons. The Balaban J connectivity index is 1.79. The van der Waals surface area contributed by atoms with Crippen molar-refractivity contribution in [1.29, 1.82) is 0 Å². The van der Waals surface area contributed by atoms with Crippen molar-refractivity contribution in [2.75, 3.05) is 0 Å². The van der Waals surface area contributed by atoms with E-state index < -0.39 is 5.97 Å². The van der Waals surface area contributed by atoms with E-state index in [1.165, 1.54) is 0 Å². The fraction of sp³-hybridized carbons (Fsp3) is 0.0476. The van der Waals surface area contributed by atoms with Crippen LogP contribution in [0.25, 0.3) is 21.7 Å². The summed E-state index contributed by atoms with van der Waals surface area (Å²) in [6.45, 7) is 2.02. The molecule has 3 aromatic carbocycles. The second kappa shape index (κ2) is 5.91. The summed E-state index contributed by atoms with van der Waals surface area (Å²) in [5, 5.41) is 11.8. The van der Waals surface area contributed by atoms with Crippen LogP contribution < -0.4 is 4.74 Å². The van der Waals surface area contributed by atoms with Gasteiger partial charge < -0.3 is 9.84 Å². The summed E-state index contributed by atoms with van der Waals surface area (Å²) in [5.74, 6) is 0.446. The summed E-state index contributed by atoms with van der Waals surface area (Å²) < 4.78 is 6.07. The predicted octanol–water partition coefficient (Wildman–Crippen LogP) is 5.19. The molecule has 0 fully saturated rings. The number of ether oxygens (including phenoxy) is 1. The van der Waals surface area contributed by atoms with Crippen LogP contribution >= 0.6 is 0 Å². The number of pyridine rings is 1. The van der Waals surface area contributed by atoms with Gasteiger partial charge in [-0.05, 0) is 59.7 Å². The van der Waals surface area contributed by atoms with Crippen molar-refractivity contribution in [3.63, 3.8) is 0 Å². The van der Waals surface area contributed by atoms with Gasteiger partial charge in [0.05, 0.1) is 11.1 Å². The minimum atomic E-state index is -0.935. The Labute approximate surface area is 144 Å². The van der Waals surface area contributed by atoms with E-state index in [9.17, 15) is 9.90 Å². The van der Waals surface area contributed by atoms with Crippen LogP contribution in [0.1, 0.15) is 15.9 Å². The van der Waals surface area contributed by atoms with Crippen LogP contribution in [0, 0.1) is 6.92 Å². The van der Waals surface area contributed by atoms with Gasteiger partial charge in [-0.2, -0.15) is 0 Å². The molecular weight excluding hydrogens is 314 g/mol. The van der Waals surface area contributed by atoms with Gasteiger partial charge in [0.2, 0.25) is 0 Å². The number of para-hydroxylation sites is 1. The quantitative estimate of drug-likeness (QED) is 0.562. The Kier molecular flexibility index (Phi) is 3.58. The monoisotopic (exact) mass is 329 g/mol. The normalized spacial score (nSPS) is 10.9. The van der Waals surface area contributed by atoms with E-state index in [0.29, 0.717) is 11.1 Å². The standard InChI is InChI=1S/C21H15NO3/c1-13-4-2-7-18-19(10-11-22-20(13)18)25-15-8-9-16-14(12-15)5-3-6-17(16)21(23)24/h2-12H,1H3,(H,23,24). The fourth-order valence-corrected chi connectivity index (χ4v) is 3.03. The molecule has 0 radical (unpaired) electrons. The lowest BCUT2D eigenvalue weighted by Gasteiger charge is -2.11. The first-order valence-electron chi connectivity index (χ1n) is 7.92. The molecule has 0 saturated carbocycles. The number of fused-ring (bicyclic) bond motifs is 2. The molecular formula is C21H15NO3. The van der Waals surface area contributed by atoms with E-state index in [2.05, 4.69) is 4.98 Å². The highest BCUT2D eigenvalue weighted by molar-refractivity contribution is 6.04. The molecule has 1 aromatic heterocycles. The van der Waals surface area contributed by atoms with Crippen molar-refractivity contribution in [3.05, 3.63) is 78.0 Å². The number of carbonyl (C=O) groups is 1. The maximum Gasteiger partial charge on any atom is 0.336 e. The minimum Gasteiger partial charge on any atom is -0.478 e. The molecule has 0 spiro atoms. The molecule has 0 bridgehead atoms. The Bertz CT molecular complexity index is 1120. The average Bonchev–Trinajstić information content (AvgIpc) is 2.62. The molecule has 25 heavy (non-hydrogen) atoms. The van der Waals surface area contributed by atoms with Crippen LogP contribution in [-0.2, 0) is 0 Å². The van der Waals surface area contributed by atoms with E-state index in [1.54, 1.807) is 30.5 Å². The first-order valence-corrected chi connectivity index (χ1v) is 7.92. The van der Waals surface area contributed by atoms with Crippen molar-refractivity contribution in [1.82, 2.24) is 4.98 Å². The van der Waals surface area contributed by atoms with Gasteiger partial charge in [0.1, 0.15) is 11.5 Å². The summed E-state index contributed by atoms with van der Waals surface area (Å²) in [6.07, 6.45) is 1.73. The van der Waals surface area contributed by atoms with E-state index in [4.69, 9.17) is 4.74 Å². The topological polar surface area (TPSA) is 59.4 Å². The van der Waals surface area contributed by atoms with Crippen LogP contribution in [0.4, 0.5) is 0 Å². The molecule has 0 unspecified atom stereocenters. The van der Waals surface area contributed by atoms with E-state index in [1.807, 2.05) is 43.3 Å². The van der Waals surface area contributed by atoms with Crippen LogP contribution in [0.2, 0.25) is 0 Å². The number of hydrogen-bond acceptors (Lipinski definition) is 3. The molecule has 1 N–H and O–H groups in total. The van der Waals surface area contributed by atoms with E-state index in [-0.39, 0.29) is 5.56 Å². The molecule has 4 nitrogen and oxygen atoms in total. The number of hydrogen-bond donors (Lipinski definition) is 1. The highest BCUT2D eigenvalue weighted by atomic mass is 16.5. The van der Waals surface area contributed by atoms with Crippen molar-refractivity contribution in [2.24, 2.45) is 0 Å². The third-order valence-electron chi connectivity index (χ3n) is 4.24. The van der Waals surface area contributed by atoms with Gasteiger partial charge in [0.15, 0.2) is 0 Å². The predicted molar refractivity (Wildman–Crippen MR) is 97.5 cm³/mol. The third kappa shape index (κ3) is 2.68. The summed E-state index contributed by atoms with van der Waals surface area (Å²) in [5.41, 5.74) is 2.29. The summed E-state index contributed by atoms with van der Waals surface area (Å²) in [4.78, 5) is 15.7. The second-order valence-electron chi connectivity index (χ2n) is 5.88. The second-order valence-corrected chi connectivity index (χ2v) is 5.88. The first kappa shape index (κ1) is 15.1. The number of nitrogens with zero attached hydrogens (tertiary/aromatic N) is 1. The Morgan fingerprint density at radius 2 is 1.84 bits per heavy atom. The van der Waals surface area contributed by atoms with Crippen molar-refractivity contribution >= 4 is 27.6 Å². The lowest BCUT2D eigenvalue weighted by molar-refractivity contribution is 0.0699. The summed E-state index contributed by atoms with van der Waals surface area (Å²) in [7, 11) is 0. The lowest BCUT2D eigenvalue weighted by atomic mass is 10.0. The SMILES string of the molecule is Cc1cccc2c(Oc3ccc4c(C(=O)O)cccc4c3)ccnc12. The molecule has 0 amide bonds. The molecule has 4 rings (SSSR count). The van der Waals surface area contributed by atoms with Crippen LogP contribution in [0.3, 0.4) is 0 Å². The molecule has 0 aliphatic carbocycles. The summed E-state index contributed by atoms with van der Waals surface area (Å²) in [6, 6.07) is 18.4. The van der Waals surface area contributed by atoms with Gasteiger partial charge >= 0.3 is 5.97 Å². The molecule has 4 aromatic rings. The zero-order chi connectivity index (χ0) is 17.4.